The second kappa shape index (κ2) is 18.4. The van der Waals surface area contributed by atoms with Gasteiger partial charge in [0.1, 0.15) is 22.6 Å². The van der Waals surface area contributed by atoms with Gasteiger partial charge in [0.25, 0.3) is 5.91 Å². The number of aromatic nitrogens is 1. The number of carbonyl (C=O) groups excluding carboxylic acids is 4. The van der Waals surface area contributed by atoms with E-state index in [4.69, 9.17) is 28.8 Å². The molecule has 1 fully saturated rings. The summed E-state index contributed by atoms with van der Waals surface area (Å²) < 4.78 is 21.6. The van der Waals surface area contributed by atoms with Crippen molar-refractivity contribution < 1.29 is 43.0 Å². The molecule has 1 saturated heterocycles. The van der Waals surface area contributed by atoms with Gasteiger partial charge in [-0.15, -0.1) is 23.1 Å². The SMILES string of the molecule is COCC1=CS[C@@H]2[C@H](NC(=O)/C(=N\OC(C)(C)OC)c3csc(NC(c4ccccc4)(c4ccccc4)c4ccccc4)n3)C(=O)N2C1C(=O)OC(C)OC(=O)C(C)(C)C. The van der Waals surface area contributed by atoms with Gasteiger partial charge in [-0.05, 0) is 48.4 Å². The lowest BCUT2D eigenvalue weighted by molar-refractivity contribution is -0.197. The Bertz CT molecular complexity index is 2130. The lowest BCUT2D eigenvalue weighted by atomic mass is 9.77. The van der Waals surface area contributed by atoms with E-state index in [2.05, 4.69) is 15.8 Å². The molecule has 4 aromatic rings. The molecule has 2 aliphatic heterocycles. The maximum Gasteiger partial charge on any atom is 0.336 e. The molecular formula is C44H49N5O9S2. The summed E-state index contributed by atoms with van der Waals surface area (Å²) in [4.78, 5) is 66.1. The van der Waals surface area contributed by atoms with Crippen molar-refractivity contribution in [3.05, 3.63) is 130 Å². The molecule has 2 amide bonds. The summed E-state index contributed by atoms with van der Waals surface area (Å²) >= 11 is 2.51. The summed E-state index contributed by atoms with van der Waals surface area (Å²) in [5.41, 5.74) is 1.59. The fourth-order valence-corrected chi connectivity index (χ4v) is 8.51. The van der Waals surface area contributed by atoms with Crippen LogP contribution in [0.5, 0.6) is 0 Å². The Morgan fingerprint density at radius 1 is 0.867 bits per heavy atom. The van der Waals surface area contributed by atoms with Crippen LogP contribution in [0, 0.1) is 5.41 Å². The number of methoxy groups -OCH3 is 2. The van der Waals surface area contributed by atoms with Crippen molar-refractivity contribution in [2.75, 3.05) is 26.1 Å². The van der Waals surface area contributed by atoms with E-state index in [1.807, 2.05) is 91.0 Å². The maximum atomic E-state index is 14.3. The van der Waals surface area contributed by atoms with Gasteiger partial charge in [-0.1, -0.05) is 96.2 Å². The zero-order valence-electron chi connectivity index (χ0n) is 34.7. The summed E-state index contributed by atoms with van der Waals surface area (Å²) in [7, 11) is 2.91. The predicted molar refractivity (Wildman–Crippen MR) is 229 cm³/mol. The van der Waals surface area contributed by atoms with Crippen LogP contribution in [0.3, 0.4) is 0 Å². The molecule has 4 atom stereocenters. The molecule has 3 heterocycles. The molecule has 0 radical (unpaired) electrons. The number of β-lactam (4-membered cyclic amide) rings is 1. The zero-order valence-corrected chi connectivity index (χ0v) is 36.3. The van der Waals surface area contributed by atoms with E-state index in [-0.39, 0.29) is 18.0 Å². The van der Waals surface area contributed by atoms with Crippen LogP contribution in [0.2, 0.25) is 0 Å². The molecule has 3 aromatic carbocycles. The van der Waals surface area contributed by atoms with Crippen LogP contribution in [0.25, 0.3) is 0 Å². The molecule has 0 aliphatic carbocycles. The highest BCUT2D eigenvalue weighted by Crippen LogP contribution is 2.42. The van der Waals surface area contributed by atoms with E-state index in [1.165, 1.54) is 49.1 Å². The third-order valence-electron chi connectivity index (χ3n) is 9.78. The van der Waals surface area contributed by atoms with Gasteiger partial charge in [-0.25, -0.2) is 9.78 Å². The summed E-state index contributed by atoms with van der Waals surface area (Å²) in [6.07, 6.45) is -1.22. The van der Waals surface area contributed by atoms with Crippen LogP contribution in [0.15, 0.2) is 113 Å². The monoisotopic (exact) mass is 855 g/mol. The first-order valence-corrected chi connectivity index (χ1v) is 21.0. The Hall–Kier alpha value is -5.55. The number of esters is 2. The molecule has 16 heteroatoms. The summed E-state index contributed by atoms with van der Waals surface area (Å²) in [5.74, 6) is -3.88. The number of nitrogens with zero attached hydrogens (tertiary/aromatic N) is 3. The second-order valence-corrected chi connectivity index (χ2v) is 17.4. The number of carbonyl (C=O) groups is 4. The van der Waals surface area contributed by atoms with Gasteiger partial charge in [-0.3, -0.25) is 14.4 Å². The number of fused-ring (bicyclic) bond motifs is 1. The maximum absolute atomic E-state index is 14.3. The fourth-order valence-electron chi connectivity index (χ4n) is 6.55. The van der Waals surface area contributed by atoms with E-state index in [1.54, 1.807) is 45.4 Å². The number of hydrogen-bond donors (Lipinski definition) is 2. The molecule has 0 spiro atoms. The summed E-state index contributed by atoms with van der Waals surface area (Å²) in [6, 6.07) is 27.8. The van der Waals surface area contributed by atoms with Crippen molar-refractivity contribution in [2.45, 2.75) is 76.6 Å². The number of thiazole rings is 1. The number of amides is 2. The third kappa shape index (κ3) is 9.41. The standard InChI is InChI=1S/C44H49N5O9S2/c1-27(57-40(53)42(2,3)4)56-39(52)35-28(24-54-7)25-59-38-34(37(51)49(35)38)46-36(50)33(48-58-43(5,6)55-8)32-26-60-41(45-32)47-44(29-18-12-9-13-19-29,30-20-14-10-15-21-30)31-22-16-11-17-23-31/h9-23,25-27,34-35,38H,24H2,1-8H3,(H,45,47)(H,46,50)/b48-33-/t27?,34-,35?,38-/m1/s1. The molecule has 6 rings (SSSR count). The van der Waals surface area contributed by atoms with Crippen molar-refractivity contribution in [3.63, 3.8) is 0 Å². The van der Waals surface area contributed by atoms with Crippen molar-refractivity contribution in [2.24, 2.45) is 10.6 Å². The predicted octanol–water partition coefficient (Wildman–Crippen LogP) is 6.43. The number of nitrogens with one attached hydrogen (secondary N) is 2. The minimum Gasteiger partial charge on any atom is -0.425 e. The van der Waals surface area contributed by atoms with Crippen molar-refractivity contribution in [3.8, 4) is 0 Å². The zero-order chi connectivity index (χ0) is 43.2. The Morgan fingerprint density at radius 2 is 1.43 bits per heavy atom. The highest BCUT2D eigenvalue weighted by molar-refractivity contribution is 8.03. The number of ether oxygens (including phenoxy) is 4. The number of hydrogen-bond acceptors (Lipinski definition) is 14. The molecule has 14 nitrogen and oxygen atoms in total. The first-order chi connectivity index (χ1) is 28.6. The lowest BCUT2D eigenvalue weighted by Crippen LogP contribution is -2.74. The van der Waals surface area contributed by atoms with Crippen LogP contribution in [-0.2, 0) is 48.5 Å². The average Bonchev–Trinajstić information content (AvgIpc) is 3.70. The first kappa shape index (κ1) is 44.0. The van der Waals surface area contributed by atoms with E-state index in [0.717, 1.165) is 16.7 Å². The Kier molecular flexibility index (Phi) is 13.5. The Morgan fingerprint density at radius 3 is 1.95 bits per heavy atom. The Balaban J connectivity index is 1.28. The van der Waals surface area contributed by atoms with Gasteiger partial charge < -0.3 is 39.3 Å². The van der Waals surface area contributed by atoms with Crippen molar-refractivity contribution in [1.82, 2.24) is 15.2 Å². The van der Waals surface area contributed by atoms with Crippen LogP contribution >= 0.6 is 23.1 Å². The summed E-state index contributed by atoms with van der Waals surface area (Å²) in [5, 5.41) is 13.9. The number of oxime groups is 1. The topological polar surface area (TPSA) is 167 Å². The highest BCUT2D eigenvalue weighted by Gasteiger charge is 2.56. The number of rotatable bonds is 16. The molecule has 2 aliphatic rings. The van der Waals surface area contributed by atoms with Gasteiger partial charge in [0.15, 0.2) is 16.9 Å². The largest absolute Gasteiger partial charge is 0.425 e. The van der Waals surface area contributed by atoms with Crippen LogP contribution in [0.1, 0.15) is 63.9 Å². The van der Waals surface area contributed by atoms with Crippen LogP contribution < -0.4 is 10.6 Å². The second-order valence-electron chi connectivity index (χ2n) is 15.6. The minimum absolute atomic E-state index is 0.0280. The van der Waals surface area contributed by atoms with E-state index in [9.17, 15) is 19.2 Å². The molecule has 316 valence electrons. The van der Waals surface area contributed by atoms with E-state index >= 15 is 0 Å². The highest BCUT2D eigenvalue weighted by atomic mass is 32.2. The molecule has 2 unspecified atom stereocenters. The minimum atomic E-state index is -1.22. The molecule has 60 heavy (non-hydrogen) atoms. The van der Waals surface area contributed by atoms with Crippen molar-refractivity contribution in [1.29, 1.82) is 0 Å². The molecular weight excluding hydrogens is 807 g/mol. The van der Waals surface area contributed by atoms with Crippen molar-refractivity contribution >= 4 is 57.7 Å². The number of benzene rings is 3. The van der Waals surface area contributed by atoms with Gasteiger partial charge in [0.2, 0.25) is 18.0 Å². The van der Waals surface area contributed by atoms with Crippen LogP contribution in [-0.4, -0.2) is 89.7 Å². The van der Waals surface area contributed by atoms with E-state index < -0.39 is 64.2 Å². The smallest absolute Gasteiger partial charge is 0.336 e. The number of anilines is 1. The van der Waals surface area contributed by atoms with E-state index in [0.29, 0.717) is 10.7 Å². The fraction of sp³-hybridized carbons (Fsp3) is 0.364. The molecule has 0 bridgehead atoms. The van der Waals surface area contributed by atoms with Crippen LogP contribution in [0.4, 0.5) is 5.13 Å². The number of thioether (sulfide) groups is 1. The third-order valence-corrected chi connectivity index (χ3v) is 11.8. The quantitative estimate of drug-likeness (QED) is 0.0317. The first-order valence-electron chi connectivity index (χ1n) is 19.2. The van der Waals surface area contributed by atoms with Gasteiger partial charge in [-0.2, -0.15) is 0 Å². The van der Waals surface area contributed by atoms with Gasteiger partial charge in [0, 0.05) is 40.4 Å². The molecule has 0 saturated carbocycles. The van der Waals surface area contributed by atoms with Gasteiger partial charge >= 0.3 is 11.9 Å². The average molecular weight is 856 g/mol. The molecule has 1 aromatic heterocycles. The van der Waals surface area contributed by atoms with Gasteiger partial charge in [0.05, 0.1) is 12.0 Å². The summed E-state index contributed by atoms with van der Waals surface area (Å²) in [6.45, 7) is 9.76. The lowest BCUT2D eigenvalue weighted by Gasteiger charge is -2.51. The molecule has 2 N–H and O–H groups in total. The Labute approximate surface area is 357 Å². The normalized spacial score (nSPS) is 18.6.